The van der Waals surface area contributed by atoms with E-state index in [0.717, 1.165) is 16.3 Å². The van der Waals surface area contributed by atoms with Crippen LogP contribution in [0.3, 0.4) is 0 Å². The maximum Gasteiger partial charge on any atom is 0.145 e. The van der Waals surface area contributed by atoms with E-state index in [1.807, 2.05) is 36.4 Å². The van der Waals surface area contributed by atoms with E-state index in [2.05, 4.69) is 36.5 Å². The summed E-state index contributed by atoms with van der Waals surface area (Å²) in [5, 5.41) is 20.6. The number of para-hydroxylation sites is 1. The zero-order valence-corrected chi connectivity index (χ0v) is 13.0. The van der Waals surface area contributed by atoms with E-state index in [0.29, 0.717) is 0 Å². The fourth-order valence-corrected chi connectivity index (χ4v) is 2.77. The van der Waals surface area contributed by atoms with Gasteiger partial charge in [0.25, 0.3) is 0 Å². The molecule has 0 aliphatic rings. The van der Waals surface area contributed by atoms with Crippen LogP contribution in [0.5, 0.6) is 0 Å². The second kappa shape index (κ2) is 7.93. The minimum absolute atomic E-state index is 0.0540. The van der Waals surface area contributed by atoms with Crippen LogP contribution in [0.4, 0.5) is 5.69 Å². The number of nitrogens with one attached hydrogen (secondary N) is 1. The van der Waals surface area contributed by atoms with Gasteiger partial charge < -0.3 is 5.32 Å². The molecule has 2 rings (SSSR count). The molecule has 0 aliphatic carbocycles. The van der Waals surface area contributed by atoms with Crippen molar-refractivity contribution in [2.24, 2.45) is 0 Å². The monoisotopic (exact) mass is 305 g/mol. The Kier molecular flexibility index (Phi) is 5.65. The van der Waals surface area contributed by atoms with Crippen LogP contribution in [-0.4, -0.2) is 0 Å². The minimum atomic E-state index is 0.0540. The van der Waals surface area contributed by atoms with Gasteiger partial charge in [0.2, 0.25) is 0 Å². The molecule has 0 saturated heterocycles. The zero-order chi connectivity index (χ0) is 15.8. The summed E-state index contributed by atoms with van der Waals surface area (Å²) in [5.74, 6) is 0.867. The summed E-state index contributed by atoms with van der Waals surface area (Å²) < 4.78 is 0. The first-order valence-electron chi connectivity index (χ1n) is 6.77. The molecule has 3 nitrogen and oxygen atoms in total. The molecule has 22 heavy (non-hydrogen) atoms. The average molecular weight is 305 g/mol. The molecule has 0 atom stereocenters. The topological polar surface area (TPSA) is 59.6 Å². The van der Waals surface area contributed by atoms with E-state index >= 15 is 0 Å². The summed E-state index contributed by atoms with van der Waals surface area (Å²) in [5.41, 5.74) is 3.46. The molecule has 0 unspecified atom stereocenters. The minimum Gasteiger partial charge on any atom is -0.359 e. The van der Waals surface area contributed by atoms with Crippen molar-refractivity contribution in [3.05, 3.63) is 71.4 Å². The molecule has 4 heteroatoms. The van der Waals surface area contributed by atoms with Gasteiger partial charge in [-0.1, -0.05) is 42.0 Å². The van der Waals surface area contributed by atoms with Crippen LogP contribution in [0.1, 0.15) is 11.1 Å². The van der Waals surface area contributed by atoms with Crippen LogP contribution < -0.4 is 5.32 Å². The quantitative estimate of drug-likeness (QED) is 0.646. The van der Waals surface area contributed by atoms with Gasteiger partial charge in [-0.2, -0.15) is 10.5 Å². The molecule has 108 valence electrons. The molecule has 0 aliphatic heterocycles. The molecule has 2 aromatic carbocycles. The van der Waals surface area contributed by atoms with Crippen LogP contribution >= 0.6 is 11.8 Å². The summed E-state index contributed by atoms with van der Waals surface area (Å²) >= 11 is 1.72. The van der Waals surface area contributed by atoms with Crippen LogP contribution in [0, 0.1) is 29.6 Å². The smallest absolute Gasteiger partial charge is 0.145 e. The summed E-state index contributed by atoms with van der Waals surface area (Å²) in [4.78, 5) is 1.08. The van der Waals surface area contributed by atoms with Crippen molar-refractivity contribution < 1.29 is 0 Å². The van der Waals surface area contributed by atoms with Crippen molar-refractivity contribution >= 4 is 17.4 Å². The lowest BCUT2D eigenvalue weighted by molar-refractivity contribution is 1.34. The third-order valence-electron chi connectivity index (χ3n) is 3.01. The van der Waals surface area contributed by atoms with Crippen LogP contribution in [0.25, 0.3) is 0 Å². The molecule has 1 N–H and O–H groups in total. The summed E-state index contributed by atoms with van der Waals surface area (Å²) in [6.45, 7) is 2.07. The highest BCUT2D eigenvalue weighted by atomic mass is 32.2. The Morgan fingerprint density at radius 3 is 2.45 bits per heavy atom. The van der Waals surface area contributed by atoms with E-state index in [1.54, 1.807) is 11.8 Å². The van der Waals surface area contributed by atoms with E-state index in [1.165, 1.54) is 17.3 Å². The summed E-state index contributed by atoms with van der Waals surface area (Å²) in [7, 11) is 0. The summed E-state index contributed by atoms with van der Waals surface area (Å²) in [6, 6.07) is 20.0. The van der Waals surface area contributed by atoms with Crippen molar-refractivity contribution in [2.45, 2.75) is 17.6 Å². The van der Waals surface area contributed by atoms with Gasteiger partial charge in [0.15, 0.2) is 0 Å². The number of anilines is 1. The third kappa shape index (κ3) is 4.41. The number of nitrogens with zero attached hydrogens (tertiary/aromatic N) is 2. The van der Waals surface area contributed by atoms with Crippen LogP contribution in [0.2, 0.25) is 0 Å². The molecular formula is C18H15N3S. The van der Waals surface area contributed by atoms with E-state index in [4.69, 9.17) is 10.5 Å². The van der Waals surface area contributed by atoms with E-state index < -0.39 is 0 Å². The summed E-state index contributed by atoms with van der Waals surface area (Å²) in [6.07, 6.45) is 1.44. The third-order valence-corrected chi connectivity index (χ3v) is 4.16. The van der Waals surface area contributed by atoms with Gasteiger partial charge in [-0.25, -0.2) is 0 Å². The van der Waals surface area contributed by atoms with Gasteiger partial charge in [0, 0.05) is 16.8 Å². The maximum atomic E-state index is 8.76. The highest BCUT2D eigenvalue weighted by Crippen LogP contribution is 2.30. The fraction of sp³-hybridized carbons (Fsp3) is 0.111. The van der Waals surface area contributed by atoms with Gasteiger partial charge >= 0.3 is 0 Å². The van der Waals surface area contributed by atoms with Crippen molar-refractivity contribution in [1.29, 1.82) is 10.5 Å². The van der Waals surface area contributed by atoms with Crippen molar-refractivity contribution in [3.8, 4) is 12.1 Å². The second-order valence-corrected chi connectivity index (χ2v) is 5.71. The number of hydrogen-bond acceptors (Lipinski definition) is 4. The van der Waals surface area contributed by atoms with Crippen molar-refractivity contribution in [1.82, 2.24) is 0 Å². The number of allylic oxidation sites excluding steroid dienone is 1. The van der Waals surface area contributed by atoms with E-state index in [9.17, 15) is 0 Å². The average Bonchev–Trinajstić information content (AvgIpc) is 2.56. The highest BCUT2D eigenvalue weighted by molar-refractivity contribution is 7.98. The highest BCUT2D eigenvalue weighted by Gasteiger charge is 2.02. The molecule has 0 amide bonds. The molecule has 0 spiro atoms. The second-order valence-electron chi connectivity index (χ2n) is 4.70. The predicted molar refractivity (Wildman–Crippen MR) is 90.1 cm³/mol. The SMILES string of the molecule is Cc1ccc(CSc2ccccc2NC=C(C#N)C#N)cc1. The number of thioether (sulfide) groups is 1. The molecule has 0 aromatic heterocycles. The molecule has 0 saturated carbocycles. The van der Waals surface area contributed by atoms with Gasteiger partial charge in [-0.15, -0.1) is 11.8 Å². The van der Waals surface area contributed by atoms with Crippen LogP contribution in [0.15, 0.2) is 65.2 Å². The van der Waals surface area contributed by atoms with Gasteiger partial charge in [0.05, 0.1) is 5.69 Å². The first kappa shape index (κ1) is 15.7. The van der Waals surface area contributed by atoms with Crippen LogP contribution in [-0.2, 0) is 5.75 Å². The van der Waals surface area contributed by atoms with Gasteiger partial charge in [0.1, 0.15) is 17.7 Å². The maximum absolute atomic E-state index is 8.76. The number of rotatable bonds is 5. The molecule has 0 fully saturated rings. The van der Waals surface area contributed by atoms with E-state index in [-0.39, 0.29) is 5.57 Å². The Bertz CT molecular complexity index is 733. The molecular weight excluding hydrogens is 290 g/mol. The predicted octanol–water partition coefficient (Wildman–Crippen LogP) is 4.63. The number of hydrogen-bond donors (Lipinski definition) is 1. The zero-order valence-electron chi connectivity index (χ0n) is 12.2. The first-order chi connectivity index (χ1) is 10.7. The lowest BCUT2D eigenvalue weighted by atomic mass is 10.2. The first-order valence-corrected chi connectivity index (χ1v) is 7.76. The number of nitriles is 2. The lowest BCUT2D eigenvalue weighted by Crippen LogP contribution is -1.92. The lowest BCUT2D eigenvalue weighted by Gasteiger charge is -2.09. The van der Waals surface area contributed by atoms with Gasteiger partial charge in [-0.3, -0.25) is 0 Å². The molecule has 0 radical (unpaired) electrons. The Hall–Kier alpha value is -2.69. The Labute approximate surface area is 134 Å². The normalized spacial score (nSPS) is 9.41. The standard InChI is InChI=1S/C18H15N3S/c1-14-6-8-15(9-7-14)13-22-18-5-3-2-4-17(18)21-12-16(10-19)11-20/h2-9,12,21H,13H2,1H3. The number of benzene rings is 2. The Morgan fingerprint density at radius 1 is 1.09 bits per heavy atom. The molecule has 0 bridgehead atoms. The fourth-order valence-electron chi connectivity index (χ4n) is 1.80. The van der Waals surface area contributed by atoms with Crippen molar-refractivity contribution in [3.63, 3.8) is 0 Å². The Morgan fingerprint density at radius 2 is 1.77 bits per heavy atom. The van der Waals surface area contributed by atoms with Crippen molar-refractivity contribution in [2.75, 3.05) is 5.32 Å². The largest absolute Gasteiger partial charge is 0.359 e. The molecule has 2 aromatic rings. The Balaban J connectivity index is 2.08. The molecule has 0 heterocycles. The van der Waals surface area contributed by atoms with Gasteiger partial charge in [-0.05, 0) is 24.6 Å². The number of aryl methyl sites for hydroxylation is 1.